The van der Waals surface area contributed by atoms with E-state index in [9.17, 15) is 0 Å². The predicted molar refractivity (Wildman–Crippen MR) is 65.9 cm³/mol. The molecule has 0 N–H and O–H groups in total. The monoisotopic (exact) mass is 222 g/mol. The maximum Gasteiger partial charge on any atom is 0.0980 e. The first-order valence-corrected chi connectivity index (χ1v) is 6.56. The molecule has 84 valence electrons. The zero-order chi connectivity index (χ0) is 11.0. The molecular weight excluding hydrogens is 208 g/mol. The lowest BCUT2D eigenvalue weighted by atomic mass is 9.73. The summed E-state index contributed by atoms with van der Waals surface area (Å²) < 4.78 is 6.01. The first-order chi connectivity index (χ1) is 8.42. The topological polar surface area (TPSA) is 9.23 Å². The lowest BCUT2D eigenvalue weighted by molar-refractivity contribution is 0.106. The summed E-state index contributed by atoms with van der Waals surface area (Å²) >= 11 is 0. The van der Waals surface area contributed by atoms with Crippen LogP contribution in [-0.2, 0) is 4.74 Å². The molecule has 3 unspecified atom stereocenters. The Kier molecular flexibility index (Phi) is 1.40. The van der Waals surface area contributed by atoms with Crippen LogP contribution < -0.4 is 0 Å². The van der Waals surface area contributed by atoms with Crippen LogP contribution in [0.3, 0.4) is 0 Å². The summed E-state index contributed by atoms with van der Waals surface area (Å²) in [4.78, 5) is 0. The Morgan fingerprint density at radius 2 is 1.94 bits per heavy atom. The van der Waals surface area contributed by atoms with E-state index in [2.05, 4.69) is 42.5 Å². The number of benzene rings is 1. The molecule has 17 heavy (non-hydrogen) atoms. The van der Waals surface area contributed by atoms with Gasteiger partial charge in [-0.15, -0.1) is 0 Å². The highest BCUT2D eigenvalue weighted by Crippen LogP contribution is 2.58. The fourth-order valence-corrected chi connectivity index (χ4v) is 4.35. The zero-order valence-corrected chi connectivity index (χ0v) is 9.54. The molecule has 1 aromatic rings. The molecule has 1 nitrogen and oxygen atoms in total. The van der Waals surface area contributed by atoms with Gasteiger partial charge in [-0.2, -0.15) is 0 Å². The van der Waals surface area contributed by atoms with Crippen LogP contribution in [0.15, 0.2) is 48.1 Å². The summed E-state index contributed by atoms with van der Waals surface area (Å²) in [6, 6.07) is 9.00. The molecule has 0 radical (unpaired) electrons. The van der Waals surface area contributed by atoms with Gasteiger partial charge >= 0.3 is 0 Å². The van der Waals surface area contributed by atoms with Crippen molar-refractivity contribution in [1.82, 2.24) is 0 Å². The summed E-state index contributed by atoms with van der Waals surface area (Å²) in [5, 5.41) is 0. The van der Waals surface area contributed by atoms with Gasteiger partial charge in [0.15, 0.2) is 0 Å². The van der Waals surface area contributed by atoms with Crippen molar-refractivity contribution in [3.8, 4) is 0 Å². The molecule has 0 saturated carbocycles. The molecule has 1 aromatic carbocycles. The molecule has 5 atom stereocenters. The Hall–Kier alpha value is -1.34. The van der Waals surface area contributed by atoms with Crippen LogP contribution in [-0.4, -0.2) is 12.2 Å². The van der Waals surface area contributed by atoms with Crippen molar-refractivity contribution < 1.29 is 4.74 Å². The average Bonchev–Trinajstić information content (AvgIpc) is 3.05. The van der Waals surface area contributed by atoms with Crippen molar-refractivity contribution in [2.24, 2.45) is 5.92 Å². The summed E-state index contributed by atoms with van der Waals surface area (Å²) in [6.07, 6.45) is 8.96. The molecule has 0 aromatic heterocycles. The first kappa shape index (κ1) is 8.71. The molecule has 1 saturated heterocycles. The highest BCUT2D eigenvalue weighted by atomic mass is 16.5. The third-order valence-corrected chi connectivity index (χ3v) is 4.98. The van der Waals surface area contributed by atoms with Crippen molar-refractivity contribution in [1.29, 1.82) is 0 Å². The molecule has 1 heteroatoms. The van der Waals surface area contributed by atoms with Crippen LogP contribution >= 0.6 is 0 Å². The van der Waals surface area contributed by atoms with Crippen LogP contribution in [0, 0.1) is 5.92 Å². The zero-order valence-electron chi connectivity index (χ0n) is 9.54. The lowest BCUT2D eigenvalue weighted by Gasteiger charge is -2.29. The van der Waals surface area contributed by atoms with Gasteiger partial charge < -0.3 is 4.74 Å². The number of rotatable bonds is 0. The minimum absolute atomic E-state index is 0.296. The standard InChI is InChI=1S/C16H14O/c1-2-4-11-10(3-1)9-7-12(11)16-13(8-9)14-5-6-15(16)17-14/h1-6,8-9,12,14-16H,7H2/t9-,12-,14?,15?,16?/m0/s1. The summed E-state index contributed by atoms with van der Waals surface area (Å²) in [7, 11) is 0. The smallest absolute Gasteiger partial charge is 0.0980 e. The highest BCUT2D eigenvalue weighted by molar-refractivity contribution is 5.50. The summed E-state index contributed by atoms with van der Waals surface area (Å²) in [5.74, 6) is 1.99. The van der Waals surface area contributed by atoms with Crippen molar-refractivity contribution in [3.05, 3.63) is 59.2 Å². The minimum Gasteiger partial charge on any atom is -0.362 e. The predicted octanol–water partition coefficient (Wildman–Crippen LogP) is 3.15. The molecule has 0 spiro atoms. The second-order valence-corrected chi connectivity index (χ2v) is 5.68. The van der Waals surface area contributed by atoms with Gasteiger partial charge in [-0.25, -0.2) is 0 Å². The molecule has 4 aliphatic rings. The van der Waals surface area contributed by atoms with Gasteiger partial charge in [-0.3, -0.25) is 0 Å². The number of hydrogen-bond donors (Lipinski definition) is 0. The quantitative estimate of drug-likeness (QED) is 0.613. The van der Waals surface area contributed by atoms with Crippen LogP contribution in [0.4, 0.5) is 0 Å². The number of ether oxygens (including phenoxy) is 1. The van der Waals surface area contributed by atoms with E-state index in [0.717, 1.165) is 0 Å². The van der Waals surface area contributed by atoms with Crippen LogP contribution in [0.1, 0.15) is 29.4 Å². The molecule has 2 aliphatic carbocycles. The van der Waals surface area contributed by atoms with E-state index in [4.69, 9.17) is 4.74 Å². The van der Waals surface area contributed by atoms with E-state index in [1.807, 2.05) is 0 Å². The second-order valence-electron chi connectivity index (χ2n) is 5.68. The van der Waals surface area contributed by atoms with Crippen molar-refractivity contribution >= 4 is 0 Å². The number of fused-ring (bicyclic) bond motifs is 11. The molecule has 2 heterocycles. The highest BCUT2D eigenvalue weighted by Gasteiger charge is 2.51. The Labute approximate surface area is 101 Å². The third-order valence-electron chi connectivity index (χ3n) is 4.98. The van der Waals surface area contributed by atoms with Gasteiger partial charge in [-0.05, 0) is 29.0 Å². The molecule has 1 fully saturated rings. The molecular formula is C16H14O. The van der Waals surface area contributed by atoms with E-state index in [-0.39, 0.29) is 0 Å². The summed E-state index contributed by atoms with van der Waals surface area (Å²) in [6.45, 7) is 0. The fraction of sp³-hybridized carbons (Fsp3) is 0.375. The van der Waals surface area contributed by atoms with E-state index in [1.54, 1.807) is 16.7 Å². The Morgan fingerprint density at radius 1 is 1.06 bits per heavy atom. The van der Waals surface area contributed by atoms with Gasteiger partial charge in [0.25, 0.3) is 0 Å². The normalized spacial score (nSPS) is 43.5. The van der Waals surface area contributed by atoms with Crippen LogP contribution in [0.2, 0.25) is 0 Å². The van der Waals surface area contributed by atoms with Gasteiger partial charge in [-0.1, -0.05) is 42.5 Å². The number of allylic oxidation sites excluding steroid dienone is 1. The molecule has 4 bridgehead atoms. The Bertz CT molecular complexity index is 569. The largest absolute Gasteiger partial charge is 0.362 e. The van der Waals surface area contributed by atoms with Gasteiger partial charge in [0.1, 0.15) is 0 Å². The van der Waals surface area contributed by atoms with Crippen molar-refractivity contribution in [2.45, 2.75) is 30.5 Å². The number of hydrogen-bond acceptors (Lipinski definition) is 1. The van der Waals surface area contributed by atoms with E-state index in [0.29, 0.717) is 30.0 Å². The lowest BCUT2D eigenvalue weighted by Crippen LogP contribution is -2.24. The van der Waals surface area contributed by atoms with Gasteiger partial charge in [0.05, 0.1) is 12.2 Å². The fourth-order valence-electron chi connectivity index (χ4n) is 4.35. The molecule has 2 aliphatic heterocycles. The average molecular weight is 222 g/mol. The van der Waals surface area contributed by atoms with Gasteiger partial charge in [0.2, 0.25) is 0 Å². The van der Waals surface area contributed by atoms with E-state index >= 15 is 0 Å². The van der Waals surface area contributed by atoms with Crippen LogP contribution in [0.25, 0.3) is 0 Å². The first-order valence-electron chi connectivity index (χ1n) is 6.56. The minimum atomic E-state index is 0.296. The Morgan fingerprint density at radius 3 is 2.88 bits per heavy atom. The molecule has 0 amide bonds. The maximum absolute atomic E-state index is 6.01. The maximum atomic E-state index is 6.01. The molecule has 5 rings (SSSR count). The van der Waals surface area contributed by atoms with Gasteiger partial charge in [0, 0.05) is 11.8 Å². The third kappa shape index (κ3) is 0.916. The van der Waals surface area contributed by atoms with Crippen molar-refractivity contribution in [3.63, 3.8) is 0 Å². The van der Waals surface area contributed by atoms with E-state index < -0.39 is 0 Å². The van der Waals surface area contributed by atoms with Crippen LogP contribution in [0.5, 0.6) is 0 Å². The Balaban J connectivity index is 1.74. The second kappa shape index (κ2) is 2.73. The SMILES string of the molecule is C1=CC2OC1C1=C[C@@H]3C[C@@H](c4ccccc43)C12. The summed E-state index contributed by atoms with van der Waals surface area (Å²) in [5.41, 5.74) is 4.71. The van der Waals surface area contributed by atoms with E-state index in [1.165, 1.54) is 6.42 Å². The van der Waals surface area contributed by atoms with Crippen molar-refractivity contribution in [2.75, 3.05) is 0 Å².